The first kappa shape index (κ1) is 113. The van der Waals surface area contributed by atoms with Gasteiger partial charge in [-0.2, -0.15) is 0 Å². The maximum Gasteiger partial charge on any atom is 2.00 e. The molecule has 5 heteroatoms. The molecule has 63 valence electrons. The van der Waals surface area contributed by atoms with Gasteiger partial charge in [0.15, 0.2) is 0 Å². The Bertz CT molecular complexity index is 22.4. The Hall–Kier alpha value is 1.22. The molecule has 0 fully saturated rings. The second-order valence-electron chi connectivity index (χ2n) is 0.0913. The first-order chi connectivity index (χ1) is 1.41. The van der Waals surface area contributed by atoms with Gasteiger partial charge in [-0.05, 0) is 0 Å². The zero-order valence-corrected chi connectivity index (χ0v) is 8.89. The third-order valence-electron chi connectivity index (χ3n) is 0. The predicted molar refractivity (Wildman–Crippen MR) is 34.6 cm³/mol. The van der Waals surface area contributed by atoms with E-state index in [-0.39, 0.29) is 85.4 Å². The van der Waals surface area contributed by atoms with E-state index < -0.39 is 0 Å². The van der Waals surface area contributed by atoms with E-state index >= 15 is 0 Å². The van der Waals surface area contributed by atoms with E-state index in [9.17, 15) is 0 Å². The first-order valence-corrected chi connectivity index (χ1v) is 0.428. The molecule has 0 heterocycles. The van der Waals surface area contributed by atoms with Crippen molar-refractivity contribution in [2.75, 3.05) is 0 Å². The monoisotopic (exact) mass is 260 g/mol. The second-order valence-corrected chi connectivity index (χ2v) is 0.0913. The average molecular weight is 260 g/mol. The topological polar surface area (TPSA) is 37.3 Å². The van der Waals surface area contributed by atoms with Gasteiger partial charge in [-0.15, -0.1) is 0 Å². The summed E-state index contributed by atoms with van der Waals surface area (Å²) in [6.45, 7) is 0.500. The number of hydrogen-bond donors (Lipinski definition) is 1. The molecule has 0 saturated heterocycles. The van der Waals surface area contributed by atoms with Crippen molar-refractivity contribution in [3.05, 3.63) is 14.9 Å². The molecule has 3 radical (unpaired) electrons. The van der Waals surface area contributed by atoms with Gasteiger partial charge >= 0.3 is 18.6 Å². The molecule has 0 aromatic rings. The van der Waals surface area contributed by atoms with Crippen molar-refractivity contribution >= 4 is 6.47 Å². The summed E-state index contributed by atoms with van der Waals surface area (Å²) in [5.74, 6) is 0. The molecule has 10 heavy (non-hydrogen) atoms. The Morgan fingerprint density at radius 1 is 1.00 bits per heavy atom. The third-order valence-corrected chi connectivity index (χ3v) is 0. The summed E-state index contributed by atoms with van der Waals surface area (Å²) in [7, 11) is 0. The van der Waals surface area contributed by atoms with Gasteiger partial charge in [0.2, 0.25) is 0 Å². The number of hydrogen-bond acceptors (Lipinski definition) is 1. The van der Waals surface area contributed by atoms with Crippen LogP contribution in [0.4, 0.5) is 0 Å². The largest absolute Gasteiger partial charge is 2.00 e. The standard InChI is InChI=1S/CHO2.2CH4.2CH3.3V/c2-1-3;;;;;;;/h(H,2,3);2*1H4;2*1H3;;;/q-1;;;2*-1;;;+2. The summed E-state index contributed by atoms with van der Waals surface area (Å²) in [5, 5.41) is 6.76. The van der Waals surface area contributed by atoms with E-state index in [1.807, 2.05) is 0 Å². The fourth-order valence-electron chi connectivity index (χ4n) is 0. The van der Waals surface area contributed by atoms with Crippen LogP contribution in [0.25, 0.3) is 0 Å². The molecule has 0 atom stereocenters. The predicted octanol–water partition coefficient (Wildman–Crippen LogP) is 1.78. The third kappa shape index (κ3) is 417. The van der Waals surface area contributed by atoms with E-state index in [1.165, 1.54) is 0 Å². The van der Waals surface area contributed by atoms with Crippen LogP contribution >= 0.6 is 0 Å². The van der Waals surface area contributed by atoms with Crippen molar-refractivity contribution in [3.8, 4) is 0 Å². The van der Waals surface area contributed by atoms with Crippen LogP contribution in [-0.2, 0) is 60.5 Å². The molecular weight excluding hydrogens is 245 g/mol. The normalized spacial score (nSPS) is 1.20. The molecule has 0 aliphatic rings. The van der Waals surface area contributed by atoms with Gasteiger partial charge in [-0.3, -0.25) is 0 Å². The molecule has 0 unspecified atom stereocenters. The van der Waals surface area contributed by atoms with Gasteiger partial charge in [0, 0.05) is 37.1 Å². The van der Waals surface area contributed by atoms with E-state index in [0.29, 0.717) is 6.47 Å². The Morgan fingerprint density at radius 2 is 1.00 bits per heavy atom. The van der Waals surface area contributed by atoms with Gasteiger partial charge in [-0.25, -0.2) is 0 Å². The minimum Gasteiger partial charge on any atom is -0.665 e. The molecule has 0 aliphatic carbocycles. The molecule has 0 saturated carbocycles. The summed E-state index contributed by atoms with van der Waals surface area (Å²) >= 11 is 0. The SMILES string of the molecule is C.C.O=[C-]O.[CH3-].[CH3-].[V+2].[V].[V]. The quantitative estimate of drug-likeness (QED) is 0.674. The smallest absolute Gasteiger partial charge is 0.665 e. The van der Waals surface area contributed by atoms with Gasteiger partial charge < -0.3 is 24.8 Å². The molecule has 0 amide bonds. The molecule has 1 N–H and O–H groups in total. The Kier molecular flexibility index (Phi) is 1990. The molecular formula is C5H15O2V3-. The number of rotatable bonds is 0. The van der Waals surface area contributed by atoms with Crippen LogP contribution in [0.2, 0.25) is 0 Å². The molecule has 0 rings (SSSR count). The fourth-order valence-corrected chi connectivity index (χ4v) is 0. The van der Waals surface area contributed by atoms with Crippen molar-refractivity contribution in [1.29, 1.82) is 0 Å². The van der Waals surface area contributed by atoms with Gasteiger partial charge in [0.25, 0.3) is 0 Å². The van der Waals surface area contributed by atoms with Crippen molar-refractivity contribution in [2.24, 2.45) is 0 Å². The number of aliphatic hydroxyl groups excluding tert-OH is 1. The van der Waals surface area contributed by atoms with Crippen molar-refractivity contribution in [2.45, 2.75) is 14.9 Å². The zero-order valence-electron chi connectivity index (χ0n) is 4.70. The Morgan fingerprint density at radius 3 is 1.00 bits per heavy atom. The van der Waals surface area contributed by atoms with E-state index in [1.54, 1.807) is 0 Å². The fraction of sp³-hybridized carbons (Fsp3) is 0.400. The van der Waals surface area contributed by atoms with Gasteiger partial charge in [0.05, 0.1) is 0 Å². The van der Waals surface area contributed by atoms with Crippen molar-refractivity contribution in [1.82, 2.24) is 0 Å². The van der Waals surface area contributed by atoms with E-state index in [0.717, 1.165) is 0 Å². The Balaban J connectivity index is -0.000000000952. The average Bonchev–Trinajstić information content (AvgIpc) is 0.918. The van der Waals surface area contributed by atoms with Crippen LogP contribution < -0.4 is 0 Å². The van der Waals surface area contributed by atoms with Crippen LogP contribution in [0.15, 0.2) is 0 Å². The summed E-state index contributed by atoms with van der Waals surface area (Å²) in [6.07, 6.45) is 0. The molecule has 0 aliphatic heterocycles. The summed E-state index contributed by atoms with van der Waals surface area (Å²) < 4.78 is 0. The summed E-state index contributed by atoms with van der Waals surface area (Å²) in [6, 6.07) is 0. The first-order valence-electron chi connectivity index (χ1n) is 0.428. The van der Waals surface area contributed by atoms with Crippen LogP contribution in [-0.4, -0.2) is 11.6 Å². The Labute approximate surface area is 101 Å². The minimum absolute atomic E-state index is 0. The second kappa shape index (κ2) is 176. The molecule has 2 nitrogen and oxygen atoms in total. The molecule has 0 aromatic carbocycles. The minimum atomic E-state index is 0. The van der Waals surface area contributed by atoms with Crippen LogP contribution in [0.1, 0.15) is 14.9 Å². The van der Waals surface area contributed by atoms with Crippen molar-refractivity contribution in [3.63, 3.8) is 0 Å². The zero-order chi connectivity index (χ0) is 2.71. The maximum absolute atomic E-state index is 8.24. The van der Waals surface area contributed by atoms with Gasteiger partial charge in [0.1, 0.15) is 0 Å². The van der Waals surface area contributed by atoms with Crippen molar-refractivity contribution < 1.29 is 65.6 Å². The van der Waals surface area contributed by atoms with Crippen LogP contribution in [0.3, 0.4) is 0 Å². The van der Waals surface area contributed by atoms with Gasteiger partial charge in [-0.1, -0.05) is 21.3 Å². The van der Waals surface area contributed by atoms with E-state index in [2.05, 4.69) is 0 Å². The summed E-state index contributed by atoms with van der Waals surface area (Å²) in [4.78, 5) is 8.24. The molecule has 0 spiro atoms. The molecule has 0 bridgehead atoms. The molecule has 0 aromatic heterocycles. The van der Waals surface area contributed by atoms with E-state index in [4.69, 9.17) is 9.90 Å². The van der Waals surface area contributed by atoms with Crippen LogP contribution in [0.5, 0.6) is 0 Å². The summed E-state index contributed by atoms with van der Waals surface area (Å²) in [5.41, 5.74) is 0. The maximum atomic E-state index is 8.24. The van der Waals surface area contributed by atoms with Crippen LogP contribution in [0, 0.1) is 14.9 Å².